The molecule has 0 aliphatic heterocycles. The largest absolute Gasteiger partial charge is 0.416 e. The van der Waals surface area contributed by atoms with Gasteiger partial charge in [0.15, 0.2) is 0 Å². The molecule has 0 radical (unpaired) electrons. The molecule has 2 rings (SSSR count). The quantitative estimate of drug-likeness (QED) is 0.897. The molecule has 0 aromatic heterocycles. The Balaban J connectivity index is 1.98. The Morgan fingerprint density at radius 2 is 1.60 bits per heavy atom. The van der Waals surface area contributed by atoms with E-state index in [9.17, 15) is 22.8 Å². The molecule has 4 nitrogen and oxygen atoms in total. The highest BCUT2D eigenvalue weighted by atomic mass is 19.4. The summed E-state index contributed by atoms with van der Waals surface area (Å²) in [5.41, 5.74) is -0.0660. The molecule has 2 amide bonds. The molecule has 0 spiro atoms. The van der Waals surface area contributed by atoms with Gasteiger partial charge in [-0.05, 0) is 43.3 Å². The number of likely N-dealkylation sites (N-methyl/N-ethyl adjacent to an activating group) is 1. The smallest absolute Gasteiger partial charge is 0.343 e. The van der Waals surface area contributed by atoms with Crippen molar-refractivity contribution >= 4 is 17.5 Å². The van der Waals surface area contributed by atoms with E-state index in [1.807, 2.05) is 13.0 Å². The van der Waals surface area contributed by atoms with Crippen molar-refractivity contribution in [1.29, 1.82) is 0 Å². The SMILES string of the molecule is CCN(C(=O)CNC(=O)c1ccc(C(F)(F)F)cc1)c1ccccc1. The van der Waals surface area contributed by atoms with E-state index >= 15 is 0 Å². The summed E-state index contributed by atoms with van der Waals surface area (Å²) in [4.78, 5) is 25.8. The van der Waals surface area contributed by atoms with Gasteiger partial charge in [0.1, 0.15) is 0 Å². The predicted molar refractivity (Wildman–Crippen MR) is 88.2 cm³/mol. The predicted octanol–water partition coefficient (Wildman–Crippen LogP) is 3.49. The highest BCUT2D eigenvalue weighted by molar-refractivity contribution is 6.00. The number of hydrogen-bond acceptors (Lipinski definition) is 2. The van der Waals surface area contributed by atoms with Crippen LogP contribution in [0.4, 0.5) is 18.9 Å². The van der Waals surface area contributed by atoms with Crippen LogP contribution in [0.25, 0.3) is 0 Å². The second-order valence-corrected chi connectivity index (χ2v) is 5.23. The molecular weight excluding hydrogens is 333 g/mol. The van der Waals surface area contributed by atoms with E-state index < -0.39 is 17.6 Å². The number of hydrogen-bond donors (Lipinski definition) is 1. The maximum absolute atomic E-state index is 12.5. The molecule has 0 fully saturated rings. The fraction of sp³-hybridized carbons (Fsp3) is 0.222. The zero-order chi connectivity index (χ0) is 18.4. The first kappa shape index (κ1) is 18.5. The molecule has 0 bridgehead atoms. The average Bonchev–Trinajstić information content (AvgIpc) is 2.60. The van der Waals surface area contributed by atoms with Gasteiger partial charge in [0, 0.05) is 17.8 Å². The molecule has 0 aliphatic carbocycles. The van der Waals surface area contributed by atoms with Crippen molar-refractivity contribution in [2.24, 2.45) is 0 Å². The molecule has 0 heterocycles. The number of carbonyl (C=O) groups is 2. The van der Waals surface area contributed by atoms with Crippen LogP contribution in [0, 0.1) is 0 Å². The second kappa shape index (κ2) is 7.83. The lowest BCUT2D eigenvalue weighted by atomic mass is 10.1. The number of nitrogens with zero attached hydrogens (tertiary/aromatic N) is 1. The Bertz CT molecular complexity index is 728. The second-order valence-electron chi connectivity index (χ2n) is 5.23. The highest BCUT2D eigenvalue weighted by Crippen LogP contribution is 2.29. The van der Waals surface area contributed by atoms with E-state index in [0.29, 0.717) is 12.2 Å². The summed E-state index contributed by atoms with van der Waals surface area (Å²) in [6.07, 6.45) is -4.46. The summed E-state index contributed by atoms with van der Waals surface area (Å²) in [6, 6.07) is 12.8. The lowest BCUT2D eigenvalue weighted by Crippen LogP contribution is -2.40. The summed E-state index contributed by atoms with van der Waals surface area (Å²) in [7, 11) is 0. The summed E-state index contributed by atoms with van der Waals surface area (Å²) < 4.78 is 37.5. The summed E-state index contributed by atoms with van der Waals surface area (Å²) in [5.74, 6) is -0.917. The normalized spacial score (nSPS) is 11.0. The molecule has 132 valence electrons. The minimum Gasteiger partial charge on any atom is -0.343 e. The Morgan fingerprint density at radius 1 is 1.00 bits per heavy atom. The van der Waals surface area contributed by atoms with Gasteiger partial charge < -0.3 is 10.2 Å². The third-order valence-corrected chi connectivity index (χ3v) is 3.56. The molecule has 0 atom stereocenters. The Kier molecular flexibility index (Phi) is 5.80. The van der Waals surface area contributed by atoms with Crippen LogP contribution in [0.3, 0.4) is 0 Å². The maximum atomic E-state index is 12.5. The van der Waals surface area contributed by atoms with Crippen molar-refractivity contribution in [1.82, 2.24) is 5.32 Å². The van der Waals surface area contributed by atoms with Crippen molar-refractivity contribution in [3.05, 3.63) is 65.7 Å². The number of rotatable bonds is 5. The number of benzene rings is 2. The third-order valence-electron chi connectivity index (χ3n) is 3.56. The van der Waals surface area contributed by atoms with Crippen LogP contribution in [0.5, 0.6) is 0 Å². The third kappa shape index (κ3) is 4.82. The van der Waals surface area contributed by atoms with E-state index in [-0.39, 0.29) is 18.0 Å². The maximum Gasteiger partial charge on any atom is 0.416 e. The number of para-hydroxylation sites is 1. The fourth-order valence-electron chi connectivity index (χ4n) is 2.27. The molecule has 2 aromatic rings. The fourth-order valence-corrected chi connectivity index (χ4v) is 2.27. The van der Waals surface area contributed by atoms with Gasteiger partial charge in [-0.1, -0.05) is 18.2 Å². The van der Waals surface area contributed by atoms with Gasteiger partial charge in [-0.2, -0.15) is 13.2 Å². The highest BCUT2D eigenvalue weighted by Gasteiger charge is 2.30. The molecule has 0 aliphatic rings. The van der Waals surface area contributed by atoms with Gasteiger partial charge in [-0.3, -0.25) is 9.59 Å². The van der Waals surface area contributed by atoms with E-state index in [0.717, 1.165) is 24.3 Å². The average molecular weight is 350 g/mol. The van der Waals surface area contributed by atoms with Gasteiger partial charge in [0.05, 0.1) is 12.1 Å². The van der Waals surface area contributed by atoms with E-state index in [4.69, 9.17) is 0 Å². The zero-order valence-corrected chi connectivity index (χ0v) is 13.5. The molecule has 7 heteroatoms. The Hall–Kier alpha value is -2.83. The first-order valence-electron chi connectivity index (χ1n) is 7.63. The van der Waals surface area contributed by atoms with Crippen molar-refractivity contribution in [3.8, 4) is 0 Å². The van der Waals surface area contributed by atoms with Crippen molar-refractivity contribution in [3.63, 3.8) is 0 Å². The number of carbonyl (C=O) groups excluding carboxylic acids is 2. The minimum atomic E-state index is -4.46. The topological polar surface area (TPSA) is 49.4 Å². The van der Waals surface area contributed by atoms with Crippen LogP contribution in [0.15, 0.2) is 54.6 Å². The molecule has 25 heavy (non-hydrogen) atoms. The van der Waals surface area contributed by atoms with Crippen LogP contribution in [-0.2, 0) is 11.0 Å². The van der Waals surface area contributed by atoms with Crippen LogP contribution in [0.2, 0.25) is 0 Å². The molecular formula is C18H17F3N2O2. The standard InChI is InChI=1S/C18H17F3N2O2/c1-2-23(15-6-4-3-5-7-15)16(24)12-22-17(25)13-8-10-14(11-9-13)18(19,20)21/h3-11H,2,12H2,1H3,(H,22,25). The van der Waals surface area contributed by atoms with Gasteiger partial charge in [0.25, 0.3) is 5.91 Å². The summed E-state index contributed by atoms with van der Waals surface area (Å²) in [6.45, 7) is 1.99. The summed E-state index contributed by atoms with van der Waals surface area (Å²) in [5, 5.41) is 2.43. The Morgan fingerprint density at radius 3 is 2.12 bits per heavy atom. The molecule has 0 saturated carbocycles. The van der Waals surface area contributed by atoms with Crippen molar-refractivity contribution < 1.29 is 22.8 Å². The lowest BCUT2D eigenvalue weighted by molar-refractivity contribution is -0.137. The van der Waals surface area contributed by atoms with E-state index in [1.54, 1.807) is 24.3 Å². The number of nitrogens with one attached hydrogen (secondary N) is 1. The number of amides is 2. The van der Waals surface area contributed by atoms with Gasteiger partial charge in [-0.15, -0.1) is 0 Å². The minimum absolute atomic E-state index is 0.0589. The molecule has 2 aromatic carbocycles. The van der Waals surface area contributed by atoms with Crippen molar-refractivity contribution in [2.75, 3.05) is 18.0 Å². The lowest BCUT2D eigenvalue weighted by Gasteiger charge is -2.21. The van der Waals surface area contributed by atoms with Crippen LogP contribution >= 0.6 is 0 Å². The molecule has 1 N–H and O–H groups in total. The number of alkyl halides is 3. The van der Waals surface area contributed by atoms with Gasteiger partial charge in [0.2, 0.25) is 5.91 Å². The van der Waals surface area contributed by atoms with Crippen LogP contribution < -0.4 is 10.2 Å². The van der Waals surface area contributed by atoms with E-state index in [1.165, 1.54) is 4.90 Å². The Labute approximate surface area is 143 Å². The monoisotopic (exact) mass is 350 g/mol. The van der Waals surface area contributed by atoms with Crippen LogP contribution in [-0.4, -0.2) is 24.9 Å². The van der Waals surface area contributed by atoms with Gasteiger partial charge in [-0.25, -0.2) is 0 Å². The first-order chi connectivity index (χ1) is 11.8. The first-order valence-corrected chi connectivity index (χ1v) is 7.63. The number of halogens is 3. The molecule has 0 saturated heterocycles. The van der Waals surface area contributed by atoms with Gasteiger partial charge >= 0.3 is 6.18 Å². The summed E-state index contributed by atoms with van der Waals surface area (Å²) >= 11 is 0. The zero-order valence-electron chi connectivity index (χ0n) is 13.5. The van der Waals surface area contributed by atoms with Crippen molar-refractivity contribution in [2.45, 2.75) is 13.1 Å². The number of anilines is 1. The van der Waals surface area contributed by atoms with E-state index in [2.05, 4.69) is 5.32 Å². The molecule has 0 unspecified atom stereocenters. The van der Waals surface area contributed by atoms with Crippen LogP contribution in [0.1, 0.15) is 22.8 Å².